The molecule has 3 N–H and O–H groups in total. The van der Waals surface area contributed by atoms with Crippen molar-refractivity contribution in [2.75, 3.05) is 26.1 Å². The zero-order valence-electron chi connectivity index (χ0n) is 31.3. The van der Waals surface area contributed by atoms with Crippen molar-refractivity contribution in [1.29, 1.82) is 0 Å². The first-order valence-corrected chi connectivity index (χ1v) is 19.3. The fraction of sp³-hybridized carbons (Fsp3) is 0.486. The molecule has 54 heavy (non-hydrogen) atoms. The lowest BCUT2D eigenvalue weighted by Crippen LogP contribution is -2.41. The highest BCUT2D eigenvalue weighted by Gasteiger charge is 2.37. The largest absolute Gasteiger partial charge is 0.493 e. The number of ether oxygens (including phenoxy) is 5. The van der Waals surface area contributed by atoms with Crippen LogP contribution in [0.25, 0.3) is 0 Å². The topological polar surface area (TPSA) is 206 Å². The number of methoxy groups -OCH3 is 1. The van der Waals surface area contributed by atoms with Gasteiger partial charge in [-0.25, -0.2) is 9.36 Å². The minimum Gasteiger partial charge on any atom is -0.493 e. The fourth-order valence-corrected chi connectivity index (χ4v) is 6.28. The maximum Gasteiger partial charge on any atom is 0.459 e. The van der Waals surface area contributed by atoms with Crippen LogP contribution in [0.4, 0.5) is 5.82 Å². The summed E-state index contributed by atoms with van der Waals surface area (Å²) in [6.45, 7) is 5.71. The maximum absolute atomic E-state index is 14.6. The zero-order chi connectivity index (χ0) is 39.5. The molecule has 1 heterocycles. The molecule has 2 aromatic carbocycles. The minimum atomic E-state index is -4.54. The molecule has 3 rings (SSSR count). The zero-order valence-corrected chi connectivity index (χ0v) is 32.2. The maximum atomic E-state index is 14.6. The predicted octanol–water partition coefficient (Wildman–Crippen LogP) is 5.50. The van der Waals surface area contributed by atoms with Crippen LogP contribution in [0, 0.1) is 0 Å². The van der Waals surface area contributed by atoms with Gasteiger partial charge in [-0.05, 0) is 50.5 Å². The smallest absolute Gasteiger partial charge is 0.459 e. The summed E-state index contributed by atoms with van der Waals surface area (Å²) in [5, 5.41) is 2.62. The van der Waals surface area contributed by atoms with Gasteiger partial charge in [-0.3, -0.25) is 23.5 Å². The summed E-state index contributed by atoms with van der Waals surface area (Å²) in [5.74, 6) is -1.63. The Morgan fingerprint density at radius 1 is 0.889 bits per heavy atom. The lowest BCUT2D eigenvalue weighted by Gasteiger charge is -2.31. The molecular weight excluding hydrogens is 723 g/mol. The number of nitrogen functional groups attached to an aromatic ring is 1. The molecule has 0 aliphatic heterocycles. The Bertz CT molecular complexity index is 1740. The van der Waals surface area contributed by atoms with Crippen molar-refractivity contribution in [3.8, 4) is 11.5 Å². The normalized spacial score (nSPS) is 14.5. The molecule has 0 fully saturated rings. The van der Waals surface area contributed by atoms with Crippen molar-refractivity contribution in [3.05, 3.63) is 82.9 Å². The summed E-state index contributed by atoms with van der Waals surface area (Å²) < 4.78 is 55.7. The van der Waals surface area contributed by atoms with E-state index in [2.05, 4.69) is 10.1 Å². The number of hydrogen-bond donors (Lipinski definition) is 2. The highest BCUT2D eigenvalue weighted by molar-refractivity contribution is 7.52. The van der Waals surface area contributed by atoms with Crippen LogP contribution in [-0.2, 0) is 49.0 Å². The Hall–Kier alpha value is -4.76. The number of carbonyl (C=O) groups excluding carboxylic acids is 3. The van der Waals surface area contributed by atoms with Crippen LogP contribution < -0.4 is 25.8 Å². The molecule has 0 spiro atoms. The second-order valence-corrected chi connectivity index (χ2v) is 13.9. The summed E-state index contributed by atoms with van der Waals surface area (Å²) in [6, 6.07) is 15.5. The van der Waals surface area contributed by atoms with E-state index in [0.717, 1.165) is 23.0 Å². The van der Waals surface area contributed by atoms with Crippen LogP contribution in [0.3, 0.4) is 0 Å². The molecule has 0 amide bonds. The molecule has 296 valence electrons. The summed E-state index contributed by atoms with van der Waals surface area (Å²) in [5.41, 5.74) is 5.64. The second kappa shape index (κ2) is 22.5. The predicted molar refractivity (Wildman–Crippen MR) is 198 cm³/mol. The standard InChI is InChI=1S/C37H51N4O12P/c1-6-8-19-34(42)48-25-33(41-22-21-32(38)39-37(41)45)52-31(27(4)51-35(43)20-9-7-2)24-50-54(46,53-30-18-14-13-17-29(30)47-5)40-26(3)36(44)49-23-28-15-11-10-12-16-28/h10-18,21-22,26-27,31,33H,6-9,19-20,23-25H2,1-5H3,(H,40,46)(H2,38,39,45)/t26-,27-,31+,33?,54?/m0/s1. The molecule has 0 saturated heterocycles. The molecule has 0 radical (unpaired) electrons. The third-order valence-electron chi connectivity index (χ3n) is 7.82. The van der Waals surface area contributed by atoms with Gasteiger partial charge in [-0.2, -0.15) is 10.1 Å². The van der Waals surface area contributed by atoms with Crippen LogP contribution in [0.5, 0.6) is 11.5 Å². The molecule has 0 aliphatic rings. The van der Waals surface area contributed by atoms with Crippen LogP contribution in [0.1, 0.15) is 78.0 Å². The Morgan fingerprint density at radius 3 is 2.19 bits per heavy atom. The SMILES string of the molecule is CCCCC(=O)OCC(O[C@H](COP(=O)(N[C@@H](C)C(=O)OCc1ccccc1)Oc1ccccc1OC)[C@H](C)OC(=O)CCCC)n1ccc(N)nc1=O. The first kappa shape index (κ1) is 43.6. The van der Waals surface area contributed by atoms with E-state index >= 15 is 0 Å². The van der Waals surface area contributed by atoms with Gasteiger partial charge < -0.3 is 33.9 Å². The van der Waals surface area contributed by atoms with Crippen LogP contribution in [0.15, 0.2) is 71.7 Å². The van der Waals surface area contributed by atoms with Gasteiger partial charge in [-0.15, -0.1) is 0 Å². The summed E-state index contributed by atoms with van der Waals surface area (Å²) in [7, 11) is -3.15. The number of hydrogen-bond acceptors (Lipinski definition) is 14. The van der Waals surface area contributed by atoms with Crippen LogP contribution in [0.2, 0.25) is 0 Å². The minimum absolute atomic E-state index is 0.0218. The van der Waals surface area contributed by atoms with Gasteiger partial charge in [-0.1, -0.05) is 69.2 Å². The van der Waals surface area contributed by atoms with Crippen LogP contribution >= 0.6 is 7.75 Å². The number of carbonyl (C=O) groups is 3. The highest BCUT2D eigenvalue weighted by Crippen LogP contribution is 2.48. The van der Waals surface area contributed by atoms with E-state index in [9.17, 15) is 23.7 Å². The number of benzene rings is 2. The van der Waals surface area contributed by atoms with Gasteiger partial charge in [0.2, 0.25) is 0 Å². The number of nitrogens with one attached hydrogen (secondary N) is 1. The Labute approximate surface area is 315 Å². The fourth-order valence-electron chi connectivity index (χ4n) is 4.77. The number of rotatable bonds is 24. The molecule has 0 aliphatic carbocycles. The van der Waals surface area contributed by atoms with E-state index in [1.807, 2.05) is 19.9 Å². The Kier molecular flexibility index (Phi) is 18.1. The van der Waals surface area contributed by atoms with Gasteiger partial charge in [0.05, 0.1) is 13.7 Å². The number of para-hydroxylation sites is 2. The molecular formula is C37H51N4O12P. The summed E-state index contributed by atoms with van der Waals surface area (Å²) in [6.07, 6.45) is 0.556. The molecule has 17 heteroatoms. The van der Waals surface area contributed by atoms with Crippen molar-refractivity contribution in [2.24, 2.45) is 0 Å². The van der Waals surface area contributed by atoms with Gasteiger partial charge >= 0.3 is 31.3 Å². The van der Waals surface area contributed by atoms with Crippen molar-refractivity contribution in [3.63, 3.8) is 0 Å². The molecule has 3 aromatic rings. The number of unbranched alkanes of at least 4 members (excludes halogenated alkanes) is 2. The van der Waals surface area contributed by atoms with E-state index < -0.39 is 69.0 Å². The highest BCUT2D eigenvalue weighted by atomic mass is 31.2. The number of esters is 3. The summed E-state index contributed by atoms with van der Waals surface area (Å²) in [4.78, 5) is 55.0. The van der Waals surface area contributed by atoms with E-state index in [0.29, 0.717) is 12.8 Å². The molecule has 5 atom stereocenters. The summed E-state index contributed by atoms with van der Waals surface area (Å²) >= 11 is 0. The molecule has 1 aromatic heterocycles. The average Bonchev–Trinajstić information content (AvgIpc) is 3.15. The quantitative estimate of drug-likeness (QED) is 0.0655. The molecule has 0 saturated carbocycles. The van der Waals surface area contributed by atoms with Gasteiger partial charge in [0.25, 0.3) is 0 Å². The van der Waals surface area contributed by atoms with Gasteiger partial charge in [0.15, 0.2) is 17.7 Å². The van der Waals surface area contributed by atoms with E-state index in [-0.39, 0.29) is 36.8 Å². The molecule has 0 bridgehead atoms. The van der Waals surface area contributed by atoms with E-state index in [1.54, 1.807) is 42.5 Å². The van der Waals surface area contributed by atoms with Crippen LogP contribution in [-0.4, -0.2) is 66.0 Å². The molecule has 2 unspecified atom stereocenters. The number of anilines is 1. The van der Waals surface area contributed by atoms with Gasteiger partial charge in [0.1, 0.15) is 37.3 Å². The van der Waals surface area contributed by atoms with Crippen molar-refractivity contribution in [2.45, 2.75) is 97.3 Å². The van der Waals surface area contributed by atoms with Crippen molar-refractivity contribution in [1.82, 2.24) is 14.6 Å². The lowest BCUT2D eigenvalue weighted by molar-refractivity contribution is -0.176. The van der Waals surface area contributed by atoms with E-state index in [1.165, 1.54) is 39.3 Å². The van der Waals surface area contributed by atoms with Crippen molar-refractivity contribution >= 4 is 31.5 Å². The average molecular weight is 775 g/mol. The molecule has 16 nitrogen and oxygen atoms in total. The number of nitrogens with two attached hydrogens (primary N) is 1. The Morgan fingerprint density at radius 2 is 1.54 bits per heavy atom. The Balaban J connectivity index is 1.95. The first-order chi connectivity index (χ1) is 25.9. The van der Waals surface area contributed by atoms with Gasteiger partial charge in [0, 0.05) is 19.0 Å². The van der Waals surface area contributed by atoms with Crippen molar-refractivity contribution < 1.29 is 51.7 Å². The monoisotopic (exact) mass is 774 g/mol. The number of aromatic nitrogens is 2. The first-order valence-electron chi connectivity index (χ1n) is 17.8. The third kappa shape index (κ3) is 14.6. The number of nitrogens with zero attached hydrogens (tertiary/aromatic N) is 2. The lowest BCUT2D eigenvalue weighted by atomic mass is 10.2. The third-order valence-corrected chi connectivity index (χ3v) is 9.45. The second-order valence-electron chi connectivity index (χ2n) is 12.2. The van der Waals surface area contributed by atoms with E-state index in [4.69, 9.17) is 38.5 Å².